The summed E-state index contributed by atoms with van der Waals surface area (Å²) in [5.41, 5.74) is 2.07. The Hall–Kier alpha value is -1.19. The van der Waals surface area contributed by atoms with Gasteiger partial charge in [-0.15, -0.1) is 11.3 Å². The Balaban J connectivity index is 2.12. The molecule has 2 rings (SSSR count). The molecule has 104 valence electrons. The molecular formula is C17H17BrOS. The van der Waals surface area contributed by atoms with Gasteiger partial charge in [-0.3, -0.25) is 4.79 Å². The molecule has 1 nitrogen and oxygen atoms in total. The highest BCUT2D eigenvalue weighted by molar-refractivity contribution is 9.10. The van der Waals surface area contributed by atoms with Crippen molar-refractivity contribution in [2.45, 2.75) is 26.2 Å². The number of rotatable bonds is 3. The summed E-state index contributed by atoms with van der Waals surface area (Å²) in [6.07, 6.45) is 3.49. The van der Waals surface area contributed by atoms with Crippen molar-refractivity contribution in [1.82, 2.24) is 0 Å². The summed E-state index contributed by atoms with van der Waals surface area (Å²) in [6, 6.07) is 9.86. The van der Waals surface area contributed by atoms with E-state index in [9.17, 15) is 4.79 Å². The summed E-state index contributed by atoms with van der Waals surface area (Å²) in [5.74, 6) is 0.0370. The summed E-state index contributed by atoms with van der Waals surface area (Å²) in [7, 11) is 0. The van der Waals surface area contributed by atoms with Gasteiger partial charge in [-0.2, -0.15) is 0 Å². The second kappa shape index (κ2) is 6.06. The summed E-state index contributed by atoms with van der Waals surface area (Å²) in [4.78, 5) is 13.2. The standard InChI is InChI=1S/C17H17BrOS/c1-17(2,3)13-6-4-12(5-7-13)16(19)9-8-15-10-14(18)11-20-15/h4-11H,1-3H3/b9-8+. The number of halogens is 1. The number of hydrogen-bond donors (Lipinski definition) is 0. The third-order valence-electron chi connectivity index (χ3n) is 3.02. The fourth-order valence-electron chi connectivity index (χ4n) is 1.80. The van der Waals surface area contributed by atoms with E-state index < -0.39 is 0 Å². The van der Waals surface area contributed by atoms with Crippen LogP contribution in [-0.2, 0) is 5.41 Å². The van der Waals surface area contributed by atoms with Gasteiger partial charge in [-0.05, 0) is 45.1 Å². The van der Waals surface area contributed by atoms with E-state index in [0.717, 1.165) is 14.9 Å². The van der Waals surface area contributed by atoms with Crippen LogP contribution in [0, 0.1) is 0 Å². The van der Waals surface area contributed by atoms with Crippen molar-refractivity contribution < 1.29 is 4.79 Å². The Morgan fingerprint density at radius 3 is 2.35 bits per heavy atom. The zero-order valence-electron chi connectivity index (χ0n) is 11.8. The average Bonchev–Trinajstić information content (AvgIpc) is 2.81. The molecular weight excluding hydrogens is 332 g/mol. The first-order valence-electron chi connectivity index (χ1n) is 6.43. The van der Waals surface area contributed by atoms with Gasteiger partial charge in [0.25, 0.3) is 0 Å². The van der Waals surface area contributed by atoms with Crippen LogP contribution >= 0.6 is 27.3 Å². The number of hydrogen-bond acceptors (Lipinski definition) is 2. The maximum atomic E-state index is 12.1. The molecule has 3 heteroatoms. The van der Waals surface area contributed by atoms with E-state index in [1.807, 2.05) is 41.8 Å². The summed E-state index contributed by atoms with van der Waals surface area (Å²) in [6.45, 7) is 6.50. The third kappa shape index (κ3) is 3.90. The van der Waals surface area contributed by atoms with Crippen molar-refractivity contribution in [3.63, 3.8) is 0 Å². The van der Waals surface area contributed by atoms with Crippen molar-refractivity contribution >= 4 is 39.1 Å². The van der Waals surface area contributed by atoms with Crippen LogP contribution < -0.4 is 0 Å². The largest absolute Gasteiger partial charge is 0.289 e. The zero-order chi connectivity index (χ0) is 14.8. The molecule has 20 heavy (non-hydrogen) atoms. The predicted octanol–water partition coefficient (Wildman–Crippen LogP) is 5.70. The molecule has 2 aromatic rings. The van der Waals surface area contributed by atoms with E-state index >= 15 is 0 Å². The van der Waals surface area contributed by atoms with Crippen LogP contribution in [0.1, 0.15) is 41.6 Å². The maximum absolute atomic E-state index is 12.1. The average molecular weight is 349 g/mol. The fourth-order valence-corrected chi connectivity index (χ4v) is 3.14. The van der Waals surface area contributed by atoms with Crippen LogP contribution in [0.3, 0.4) is 0 Å². The van der Waals surface area contributed by atoms with Gasteiger partial charge in [-0.1, -0.05) is 45.0 Å². The van der Waals surface area contributed by atoms with E-state index in [4.69, 9.17) is 0 Å². The third-order valence-corrected chi connectivity index (χ3v) is 4.68. The van der Waals surface area contributed by atoms with Gasteiger partial charge >= 0.3 is 0 Å². The van der Waals surface area contributed by atoms with Gasteiger partial charge in [0.2, 0.25) is 0 Å². The first kappa shape index (κ1) is 15.2. The van der Waals surface area contributed by atoms with E-state index in [2.05, 4.69) is 36.7 Å². The quantitative estimate of drug-likeness (QED) is 0.513. The van der Waals surface area contributed by atoms with E-state index in [1.165, 1.54) is 5.56 Å². The lowest BCUT2D eigenvalue weighted by Gasteiger charge is -2.18. The second-order valence-electron chi connectivity index (χ2n) is 5.69. The van der Waals surface area contributed by atoms with Gasteiger partial charge in [0, 0.05) is 20.3 Å². The predicted molar refractivity (Wildman–Crippen MR) is 90.5 cm³/mol. The van der Waals surface area contributed by atoms with Crippen LogP contribution in [0.2, 0.25) is 0 Å². The molecule has 0 N–H and O–H groups in total. The molecule has 1 aromatic heterocycles. The molecule has 0 unspecified atom stereocenters. The molecule has 0 spiro atoms. The van der Waals surface area contributed by atoms with Crippen LogP contribution in [0.25, 0.3) is 6.08 Å². The number of benzene rings is 1. The first-order chi connectivity index (χ1) is 9.36. The van der Waals surface area contributed by atoms with Crippen molar-refractivity contribution in [2.24, 2.45) is 0 Å². The molecule has 0 aliphatic rings. The Morgan fingerprint density at radius 2 is 1.85 bits per heavy atom. The molecule has 0 atom stereocenters. The smallest absolute Gasteiger partial charge is 0.185 e. The second-order valence-corrected chi connectivity index (χ2v) is 7.55. The van der Waals surface area contributed by atoms with Gasteiger partial charge in [-0.25, -0.2) is 0 Å². The lowest BCUT2D eigenvalue weighted by atomic mass is 9.86. The van der Waals surface area contributed by atoms with Crippen LogP contribution in [-0.4, -0.2) is 5.78 Å². The molecule has 0 bridgehead atoms. The molecule has 0 radical (unpaired) electrons. The number of carbonyl (C=O) groups is 1. The number of carbonyl (C=O) groups excluding carboxylic acids is 1. The SMILES string of the molecule is CC(C)(C)c1ccc(C(=O)/C=C/c2cc(Br)cs2)cc1. The summed E-state index contributed by atoms with van der Waals surface area (Å²) >= 11 is 5.01. The van der Waals surface area contributed by atoms with E-state index in [0.29, 0.717) is 0 Å². The van der Waals surface area contributed by atoms with Crippen LogP contribution in [0.4, 0.5) is 0 Å². The minimum atomic E-state index is 0.0370. The lowest BCUT2D eigenvalue weighted by molar-refractivity contribution is 0.104. The van der Waals surface area contributed by atoms with Crippen molar-refractivity contribution in [3.8, 4) is 0 Å². The minimum absolute atomic E-state index is 0.0370. The van der Waals surface area contributed by atoms with Gasteiger partial charge < -0.3 is 0 Å². The van der Waals surface area contributed by atoms with Crippen LogP contribution in [0.5, 0.6) is 0 Å². The highest BCUT2D eigenvalue weighted by Crippen LogP contribution is 2.23. The van der Waals surface area contributed by atoms with Gasteiger partial charge in [0.15, 0.2) is 5.78 Å². The number of thiophene rings is 1. The molecule has 0 saturated carbocycles. The van der Waals surface area contributed by atoms with Gasteiger partial charge in [0.05, 0.1) is 0 Å². The maximum Gasteiger partial charge on any atom is 0.185 e. The summed E-state index contributed by atoms with van der Waals surface area (Å²) in [5, 5.41) is 2.00. The Kier molecular flexibility index (Phi) is 4.61. The molecule has 0 aliphatic carbocycles. The van der Waals surface area contributed by atoms with Gasteiger partial charge in [0.1, 0.15) is 0 Å². The Labute approximate surface area is 132 Å². The fraction of sp³-hybridized carbons (Fsp3) is 0.235. The minimum Gasteiger partial charge on any atom is -0.289 e. The highest BCUT2D eigenvalue weighted by Gasteiger charge is 2.13. The summed E-state index contributed by atoms with van der Waals surface area (Å²) < 4.78 is 1.05. The normalized spacial score (nSPS) is 12.0. The Bertz CT molecular complexity index is 630. The molecule has 0 amide bonds. The molecule has 1 heterocycles. The van der Waals surface area contributed by atoms with E-state index in [-0.39, 0.29) is 11.2 Å². The first-order valence-corrected chi connectivity index (χ1v) is 8.10. The lowest BCUT2D eigenvalue weighted by Crippen LogP contribution is -2.11. The topological polar surface area (TPSA) is 17.1 Å². The van der Waals surface area contributed by atoms with Crippen molar-refractivity contribution in [2.75, 3.05) is 0 Å². The number of allylic oxidation sites excluding steroid dienone is 1. The van der Waals surface area contributed by atoms with Crippen molar-refractivity contribution in [1.29, 1.82) is 0 Å². The molecule has 0 saturated heterocycles. The molecule has 0 fully saturated rings. The number of ketones is 1. The molecule has 1 aromatic carbocycles. The monoisotopic (exact) mass is 348 g/mol. The highest BCUT2D eigenvalue weighted by atomic mass is 79.9. The van der Waals surface area contributed by atoms with E-state index in [1.54, 1.807) is 17.4 Å². The van der Waals surface area contributed by atoms with Crippen LogP contribution in [0.15, 0.2) is 46.3 Å². The van der Waals surface area contributed by atoms with Crippen molar-refractivity contribution in [3.05, 3.63) is 62.3 Å². The zero-order valence-corrected chi connectivity index (χ0v) is 14.2. The Morgan fingerprint density at radius 1 is 1.20 bits per heavy atom. The molecule has 0 aliphatic heterocycles.